The van der Waals surface area contributed by atoms with E-state index in [1.165, 1.54) is 11.3 Å². The maximum Gasteiger partial charge on any atom is 0.255 e. The van der Waals surface area contributed by atoms with Crippen LogP contribution in [0.5, 0.6) is 0 Å². The highest BCUT2D eigenvalue weighted by Crippen LogP contribution is 2.10. The predicted octanol–water partition coefficient (Wildman–Crippen LogP) is 1.51. The number of rotatable bonds is 4. The fourth-order valence-electron chi connectivity index (χ4n) is 1.38. The molecule has 0 bridgehead atoms. The van der Waals surface area contributed by atoms with Crippen LogP contribution in [-0.4, -0.2) is 22.9 Å². The van der Waals surface area contributed by atoms with Gasteiger partial charge in [0.25, 0.3) is 5.91 Å². The van der Waals surface area contributed by atoms with Gasteiger partial charge in [-0.1, -0.05) is 0 Å². The maximum atomic E-state index is 11.9. The van der Waals surface area contributed by atoms with Crippen molar-refractivity contribution in [3.05, 3.63) is 40.5 Å². The van der Waals surface area contributed by atoms with Crippen LogP contribution in [0.2, 0.25) is 0 Å². The van der Waals surface area contributed by atoms with Crippen LogP contribution in [-0.2, 0) is 6.54 Å². The quantitative estimate of drug-likeness (QED) is 0.860. The first-order chi connectivity index (χ1) is 8.31. The number of nitrogens with zero attached hydrogens (tertiary/aromatic N) is 2. The van der Waals surface area contributed by atoms with E-state index in [9.17, 15) is 4.79 Å². The van der Waals surface area contributed by atoms with E-state index in [0.29, 0.717) is 17.9 Å². The Hall–Kier alpha value is -1.95. The summed E-state index contributed by atoms with van der Waals surface area (Å²) >= 11 is 1.51. The second-order valence-electron chi connectivity index (χ2n) is 3.26. The Morgan fingerprint density at radius 2 is 2.29 bits per heavy atom. The van der Waals surface area contributed by atoms with Crippen molar-refractivity contribution in [2.24, 2.45) is 0 Å². The van der Waals surface area contributed by atoms with Gasteiger partial charge in [-0.3, -0.25) is 4.79 Å². The Morgan fingerprint density at radius 1 is 1.41 bits per heavy atom. The second-order valence-corrected chi connectivity index (χ2v) is 4.24. The molecule has 0 atom stereocenters. The summed E-state index contributed by atoms with van der Waals surface area (Å²) in [5, 5.41) is 8.45. The largest absolute Gasteiger partial charge is 0.372 e. The van der Waals surface area contributed by atoms with Crippen molar-refractivity contribution < 1.29 is 4.79 Å². The van der Waals surface area contributed by atoms with Crippen LogP contribution in [0.1, 0.15) is 15.4 Å². The third kappa shape index (κ3) is 2.79. The minimum atomic E-state index is -0.155. The number of anilines is 1. The minimum absolute atomic E-state index is 0.155. The van der Waals surface area contributed by atoms with Gasteiger partial charge in [0.05, 0.1) is 12.1 Å². The lowest BCUT2D eigenvalue weighted by molar-refractivity contribution is 0.0951. The van der Waals surface area contributed by atoms with Gasteiger partial charge in [0.15, 0.2) is 0 Å². The topological polar surface area (TPSA) is 66.9 Å². The molecule has 2 N–H and O–H groups in total. The fraction of sp³-hybridized carbons (Fsp3) is 0.182. The van der Waals surface area contributed by atoms with Crippen LogP contribution < -0.4 is 10.6 Å². The predicted molar refractivity (Wildman–Crippen MR) is 67.1 cm³/mol. The molecule has 17 heavy (non-hydrogen) atoms. The Labute approximate surface area is 103 Å². The lowest BCUT2D eigenvalue weighted by Gasteiger charge is -2.07. The van der Waals surface area contributed by atoms with Gasteiger partial charge in [0.1, 0.15) is 10.8 Å². The highest BCUT2D eigenvalue weighted by molar-refractivity contribution is 7.09. The number of thiazole rings is 1. The average molecular weight is 248 g/mol. The first-order valence-electron chi connectivity index (χ1n) is 5.10. The SMILES string of the molecule is CNc1ncccc1C(=O)NCc1nccs1. The maximum absolute atomic E-state index is 11.9. The van der Waals surface area contributed by atoms with Gasteiger partial charge in [0.2, 0.25) is 0 Å². The van der Waals surface area contributed by atoms with Gasteiger partial charge in [0, 0.05) is 24.8 Å². The van der Waals surface area contributed by atoms with Gasteiger partial charge < -0.3 is 10.6 Å². The molecule has 2 aromatic rings. The number of hydrogen-bond donors (Lipinski definition) is 2. The summed E-state index contributed by atoms with van der Waals surface area (Å²) in [6.07, 6.45) is 3.36. The van der Waals surface area contributed by atoms with Crippen LogP contribution in [0.3, 0.4) is 0 Å². The molecule has 0 spiro atoms. The molecule has 0 fully saturated rings. The molecule has 0 aromatic carbocycles. The van der Waals surface area contributed by atoms with Gasteiger partial charge in [-0.15, -0.1) is 11.3 Å². The number of aromatic nitrogens is 2. The molecule has 0 aliphatic rings. The molecule has 0 unspecified atom stereocenters. The van der Waals surface area contributed by atoms with E-state index in [2.05, 4.69) is 20.6 Å². The zero-order valence-electron chi connectivity index (χ0n) is 9.30. The molecule has 1 amide bonds. The molecule has 5 nitrogen and oxygen atoms in total. The molecule has 2 aromatic heterocycles. The van der Waals surface area contributed by atoms with Crippen LogP contribution in [0, 0.1) is 0 Å². The number of pyridine rings is 1. The number of amides is 1. The molecule has 2 heterocycles. The molecular weight excluding hydrogens is 236 g/mol. The molecule has 0 aliphatic heterocycles. The van der Waals surface area contributed by atoms with Gasteiger partial charge >= 0.3 is 0 Å². The first kappa shape index (κ1) is 11.5. The Bertz CT molecular complexity index is 498. The molecule has 6 heteroatoms. The average Bonchev–Trinajstić information content (AvgIpc) is 2.89. The monoisotopic (exact) mass is 248 g/mol. The highest BCUT2D eigenvalue weighted by atomic mass is 32.1. The number of carbonyl (C=O) groups excluding carboxylic acids is 1. The number of nitrogens with one attached hydrogen (secondary N) is 2. The van der Waals surface area contributed by atoms with Gasteiger partial charge in [-0.05, 0) is 12.1 Å². The Balaban J connectivity index is 2.04. The second kappa shape index (κ2) is 5.40. The van der Waals surface area contributed by atoms with E-state index in [-0.39, 0.29) is 5.91 Å². The number of carbonyl (C=O) groups is 1. The highest BCUT2D eigenvalue weighted by Gasteiger charge is 2.10. The summed E-state index contributed by atoms with van der Waals surface area (Å²) in [5.74, 6) is 0.418. The smallest absolute Gasteiger partial charge is 0.255 e. The normalized spacial score (nSPS) is 9.94. The summed E-state index contributed by atoms with van der Waals surface area (Å²) in [6, 6.07) is 3.47. The van der Waals surface area contributed by atoms with E-state index < -0.39 is 0 Å². The summed E-state index contributed by atoms with van der Waals surface area (Å²) in [7, 11) is 1.74. The van der Waals surface area contributed by atoms with Crippen molar-refractivity contribution in [1.29, 1.82) is 0 Å². The Morgan fingerprint density at radius 3 is 3.00 bits per heavy atom. The molecule has 2 rings (SSSR count). The van der Waals surface area contributed by atoms with Crippen LogP contribution in [0.4, 0.5) is 5.82 Å². The van der Waals surface area contributed by atoms with Crippen molar-refractivity contribution in [2.45, 2.75) is 6.54 Å². The molecule has 0 radical (unpaired) electrons. The molecular formula is C11H12N4OS. The van der Waals surface area contributed by atoms with Crippen molar-refractivity contribution in [2.75, 3.05) is 12.4 Å². The summed E-state index contributed by atoms with van der Waals surface area (Å²) in [4.78, 5) is 20.1. The minimum Gasteiger partial charge on any atom is -0.372 e. The third-order valence-electron chi connectivity index (χ3n) is 2.17. The zero-order chi connectivity index (χ0) is 12.1. The molecule has 0 saturated heterocycles. The van der Waals surface area contributed by atoms with Gasteiger partial charge in [-0.25, -0.2) is 9.97 Å². The molecule has 0 saturated carbocycles. The van der Waals surface area contributed by atoms with Gasteiger partial charge in [-0.2, -0.15) is 0 Å². The lowest BCUT2D eigenvalue weighted by atomic mass is 10.2. The first-order valence-corrected chi connectivity index (χ1v) is 5.98. The van der Waals surface area contributed by atoms with E-state index in [0.717, 1.165) is 5.01 Å². The lowest BCUT2D eigenvalue weighted by Crippen LogP contribution is -2.23. The van der Waals surface area contributed by atoms with Crippen LogP contribution >= 0.6 is 11.3 Å². The van der Waals surface area contributed by atoms with Crippen molar-refractivity contribution in [1.82, 2.24) is 15.3 Å². The third-order valence-corrected chi connectivity index (χ3v) is 2.95. The molecule has 0 aliphatic carbocycles. The summed E-state index contributed by atoms with van der Waals surface area (Å²) < 4.78 is 0. The van der Waals surface area contributed by atoms with Crippen molar-refractivity contribution in [3.8, 4) is 0 Å². The summed E-state index contributed by atoms with van der Waals surface area (Å²) in [5.41, 5.74) is 0.534. The van der Waals surface area contributed by atoms with E-state index in [4.69, 9.17) is 0 Å². The Kier molecular flexibility index (Phi) is 3.66. The van der Waals surface area contributed by atoms with E-state index in [1.54, 1.807) is 31.6 Å². The standard InChI is InChI=1S/C11H12N4OS/c1-12-10-8(3-2-4-14-10)11(16)15-7-9-13-5-6-17-9/h2-6H,7H2,1H3,(H,12,14)(H,15,16). The van der Waals surface area contributed by atoms with Crippen molar-refractivity contribution in [3.63, 3.8) is 0 Å². The van der Waals surface area contributed by atoms with Crippen LogP contribution in [0.25, 0.3) is 0 Å². The summed E-state index contributed by atoms with van der Waals surface area (Å²) in [6.45, 7) is 0.439. The zero-order valence-corrected chi connectivity index (χ0v) is 10.1. The van der Waals surface area contributed by atoms with Crippen molar-refractivity contribution >= 4 is 23.1 Å². The number of hydrogen-bond acceptors (Lipinski definition) is 5. The van der Waals surface area contributed by atoms with E-state index >= 15 is 0 Å². The van der Waals surface area contributed by atoms with E-state index in [1.807, 2.05) is 5.38 Å². The van der Waals surface area contributed by atoms with Crippen LogP contribution in [0.15, 0.2) is 29.9 Å². The fourth-order valence-corrected chi connectivity index (χ4v) is 1.94. The molecule has 88 valence electrons.